The fourth-order valence-corrected chi connectivity index (χ4v) is 3.92. The number of hydrogen-bond acceptors (Lipinski definition) is 5. The van der Waals surface area contributed by atoms with E-state index in [0.29, 0.717) is 25.3 Å². The Morgan fingerprint density at radius 2 is 2.08 bits per heavy atom. The average Bonchev–Trinajstić information content (AvgIpc) is 3.33. The van der Waals surface area contributed by atoms with Gasteiger partial charge in [-0.05, 0) is 37.1 Å². The van der Waals surface area contributed by atoms with E-state index in [1.807, 2.05) is 29.2 Å². The highest BCUT2D eigenvalue weighted by Crippen LogP contribution is 2.32. The van der Waals surface area contributed by atoms with Crippen molar-refractivity contribution >= 4 is 5.91 Å². The number of benzene rings is 1. The molecule has 1 aromatic heterocycles. The SMILES string of the molecule is O=C(c1ccc(-n2ccnn2)cc1)N1CCOC[C@@H]1[C@H]1CCC[C@@H]1O. The van der Waals surface area contributed by atoms with Crippen molar-refractivity contribution in [2.24, 2.45) is 5.92 Å². The predicted octanol–water partition coefficient (Wildman–Crippen LogP) is 1.27. The van der Waals surface area contributed by atoms with Crippen molar-refractivity contribution in [1.82, 2.24) is 19.9 Å². The summed E-state index contributed by atoms with van der Waals surface area (Å²) >= 11 is 0. The molecule has 1 aliphatic heterocycles. The van der Waals surface area contributed by atoms with Gasteiger partial charge < -0.3 is 14.7 Å². The maximum absolute atomic E-state index is 13.0. The Morgan fingerprint density at radius 1 is 1.24 bits per heavy atom. The molecular weight excluding hydrogens is 320 g/mol. The Bertz CT molecular complexity index is 716. The van der Waals surface area contributed by atoms with Gasteiger partial charge in [-0.25, -0.2) is 4.68 Å². The maximum atomic E-state index is 13.0. The summed E-state index contributed by atoms with van der Waals surface area (Å²) in [7, 11) is 0. The highest BCUT2D eigenvalue weighted by atomic mass is 16.5. The van der Waals surface area contributed by atoms with Gasteiger partial charge in [0.25, 0.3) is 5.91 Å². The lowest BCUT2D eigenvalue weighted by molar-refractivity contribution is -0.0383. The van der Waals surface area contributed by atoms with E-state index in [9.17, 15) is 9.90 Å². The van der Waals surface area contributed by atoms with Gasteiger partial charge in [-0.1, -0.05) is 11.6 Å². The first-order valence-corrected chi connectivity index (χ1v) is 8.77. The quantitative estimate of drug-likeness (QED) is 0.908. The van der Waals surface area contributed by atoms with Crippen LogP contribution in [0.2, 0.25) is 0 Å². The number of morpholine rings is 1. The zero-order valence-electron chi connectivity index (χ0n) is 14.0. The Balaban J connectivity index is 1.54. The van der Waals surface area contributed by atoms with Crippen LogP contribution in [0.3, 0.4) is 0 Å². The van der Waals surface area contributed by atoms with Crippen LogP contribution < -0.4 is 0 Å². The molecule has 2 heterocycles. The largest absolute Gasteiger partial charge is 0.393 e. The summed E-state index contributed by atoms with van der Waals surface area (Å²) in [6.45, 7) is 1.62. The predicted molar refractivity (Wildman–Crippen MR) is 90.4 cm³/mol. The van der Waals surface area contributed by atoms with E-state index >= 15 is 0 Å². The molecule has 0 unspecified atom stereocenters. The molecule has 2 aromatic rings. The number of carbonyl (C=O) groups excluding carboxylic acids is 1. The lowest BCUT2D eigenvalue weighted by atomic mass is 9.93. The van der Waals surface area contributed by atoms with Crippen molar-refractivity contribution in [3.63, 3.8) is 0 Å². The van der Waals surface area contributed by atoms with Crippen molar-refractivity contribution in [3.05, 3.63) is 42.2 Å². The summed E-state index contributed by atoms with van der Waals surface area (Å²) in [5.74, 6) is 0.108. The molecule has 3 atom stereocenters. The van der Waals surface area contributed by atoms with Crippen LogP contribution in [0.4, 0.5) is 0 Å². The van der Waals surface area contributed by atoms with Crippen LogP contribution in [0.1, 0.15) is 29.6 Å². The Hall–Kier alpha value is -2.25. The molecular formula is C18H22N4O3. The fraction of sp³-hybridized carbons (Fsp3) is 0.500. The molecule has 1 aliphatic carbocycles. The van der Waals surface area contributed by atoms with E-state index in [-0.39, 0.29) is 24.0 Å². The minimum atomic E-state index is -0.336. The third-order valence-electron chi connectivity index (χ3n) is 5.25. The molecule has 0 spiro atoms. The lowest BCUT2D eigenvalue weighted by Crippen LogP contribution is -2.53. The van der Waals surface area contributed by atoms with Crippen molar-refractivity contribution in [2.75, 3.05) is 19.8 Å². The monoisotopic (exact) mass is 342 g/mol. The van der Waals surface area contributed by atoms with Gasteiger partial charge in [-0.15, -0.1) is 5.10 Å². The van der Waals surface area contributed by atoms with Crippen molar-refractivity contribution in [2.45, 2.75) is 31.4 Å². The summed E-state index contributed by atoms with van der Waals surface area (Å²) in [6.07, 6.45) is 5.81. The number of aliphatic hydroxyl groups excluding tert-OH is 1. The van der Waals surface area contributed by atoms with Crippen LogP contribution in [-0.2, 0) is 4.74 Å². The van der Waals surface area contributed by atoms with Gasteiger partial charge in [0, 0.05) is 18.0 Å². The molecule has 7 nitrogen and oxygen atoms in total. The second-order valence-electron chi connectivity index (χ2n) is 6.70. The standard InChI is InChI=1S/C18H22N4O3/c23-17-3-1-2-15(17)16-12-25-11-10-21(16)18(24)13-4-6-14(7-5-13)22-9-8-19-20-22/h4-9,15-17,23H,1-3,10-12H2/t15-,16-,17+/m1/s1. The highest BCUT2D eigenvalue weighted by Gasteiger charge is 2.39. The zero-order chi connectivity index (χ0) is 17.2. The first-order chi connectivity index (χ1) is 12.2. The maximum Gasteiger partial charge on any atom is 0.254 e. The lowest BCUT2D eigenvalue weighted by Gasteiger charge is -2.40. The number of aromatic nitrogens is 3. The molecule has 0 radical (unpaired) electrons. The van der Waals surface area contributed by atoms with Gasteiger partial charge in [-0.2, -0.15) is 0 Å². The summed E-state index contributed by atoms with van der Waals surface area (Å²) in [5.41, 5.74) is 1.50. The average molecular weight is 342 g/mol. The minimum absolute atomic E-state index is 0.00228. The Labute approximate surface area is 146 Å². The topological polar surface area (TPSA) is 80.5 Å². The molecule has 4 rings (SSSR count). The van der Waals surface area contributed by atoms with Crippen molar-refractivity contribution in [3.8, 4) is 5.69 Å². The van der Waals surface area contributed by atoms with Crippen LogP contribution in [0.5, 0.6) is 0 Å². The first-order valence-electron chi connectivity index (χ1n) is 8.77. The van der Waals surface area contributed by atoms with Gasteiger partial charge in [0.15, 0.2) is 0 Å². The molecule has 1 amide bonds. The molecule has 0 bridgehead atoms. The highest BCUT2D eigenvalue weighted by molar-refractivity contribution is 5.94. The Morgan fingerprint density at radius 3 is 2.76 bits per heavy atom. The molecule has 2 aliphatic rings. The van der Waals surface area contributed by atoms with Crippen LogP contribution in [0.25, 0.3) is 5.69 Å². The number of hydrogen-bond donors (Lipinski definition) is 1. The van der Waals surface area contributed by atoms with E-state index in [4.69, 9.17) is 4.74 Å². The summed E-state index contributed by atoms with van der Waals surface area (Å²) < 4.78 is 7.26. The van der Waals surface area contributed by atoms with Crippen molar-refractivity contribution in [1.29, 1.82) is 0 Å². The molecule has 1 saturated carbocycles. The van der Waals surface area contributed by atoms with Gasteiger partial charge in [0.1, 0.15) is 0 Å². The molecule has 1 N–H and O–H groups in total. The van der Waals surface area contributed by atoms with Gasteiger partial charge >= 0.3 is 0 Å². The summed E-state index contributed by atoms with van der Waals surface area (Å²) in [4.78, 5) is 14.9. The fourth-order valence-electron chi connectivity index (χ4n) is 3.92. The van der Waals surface area contributed by atoms with E-state index in [1.165, 1.54) is 0 Å². The van der Waals surface area contributed by atoms with Gasteiger partial charge in [0.2, 0.25) is 0 Å². The minimum Gasteiger partial charge on any atom is -0.393 e. The van der Waals surface area contributed by atoms with E-state index in [1.54, 1.807) is 17.1 Å². The van der Waals surface area contributed by atoms with Crippen LogP contribution >= 0.6 is 0 Å². The molecule has 7 heteroatoms. The van der Waals surface area contributed by atoms with E-state index < -0.39 is 0 Å². The normalized spacial score (nSPS) is 26.8. The molecule has 2 fully saturated rings. The third-order valence-corrected chi connectivity index (χ3v) is 5.25. The van der Waals surface area contributed by atoms with Gasteiger partial charge in [0.05, 0.1) is 43.4 Å². The molecule has 1 aromatic carbocycles. The van der Waals surface area contributed by atoms with Crippen LogP contribution in [0, 0.1) is 5.92 Å². The summed E-state index contributed by atoms with van der Waals surface area (Å²) in [6, 6.07) is 7.31. The molecule has 25 heavy (non-hydrogen) atoms. The zero-order valence-corrected chi connectivity index (χ0v) is 14.0. The van der Waals surface area contributed by atoms with Crippen LogP contribution in [0.15, 0.2) is 36.7 Å². The number of amides is 1. The molecule has 1 saturated heterocycles. The van der Waals surface area contributed by atoms with E-state index in [2.05, 4.69) is 10.3 Å². The van der Waals surface area contributed by atoms with Crippen LogP contribution in [-0.4, -0.2) is 62.8 Å². The van der Waals surface area contributed by atoms with Crippen molar-refractivity contribution < 1.29 is 14.6 Å². The number of aliphatic hydroxyl groups is 1. The number of rotatable bonds is 3. The number of ether oxygens (including phenoxy) is 1. The smallest absolute Gasteiger partial charge is 0.254 e. The second-order valence-corrected chi connectivity index (χ2v) is 6.70. The van der Waals surface area contributed by atoms with Gasteiger partial charge in [-0.3, -0.25) is 4.79 Å². The number of carbonyl (C=O) groups is 1. The first kappa shape index (κ1) is 16.2. The summed E-state index contributed by atoms with van der Waals surface area (Å²) in [5, 5.41) is 18.0. The molecule has 132 valence electrons. The third kappa shape index (κ3) is 3.17. The van der Waals surface area contributed by atoms with E-state index in [0.717, 1.165) is 24.9 Å². The number of nitrogens with zero attached hydrogens (tertiary/aromatic N) is 4. The second kappa shape index (κ2) is 6.93. The Kier molecular flexibility index (Phi) is 4.50.